The van der Waals surface area contributed by atoms with E-state index in [1.54, 1.807) is 4.90 Å². The molecule has 96 valence electrons. The normalized spacial score (nSPS) is 33.7. The van der Waals surface area contributed by atoms with Crippen molar-refractivity contribution in [3.05, 3.63) is 0 Å². The standard InChI is InChI=1S/C11H18N2O4/c12-7-2-1-5-13(6-7)10(14)8-3-4-9(17-8)11(15)16/h7-9H,1-6,12H2,(H,15,16). The molecule has 0 aromatic rings. The number of hydrogen-bond donors (Lipinski definition) is 2. The minimum atomic E-state index is -0.990. The monoisotopic (exact) mass is 242 g/mol. The Hall–Kier alpha value is -1.14. The number of carboxylic acids is 1. The van der Waals surface area contributed by atoms with Crippen molar-refractivity contribution >= 4 is 11.9 Å². The van der Waals surface area contributed by atoms with Crippen LogP contribution in [0.3, 0.4) is 0 Å². The van der Waals surface area contributed by atoms with Crippen molar-refractivity contribution in [2.45, 2.75) is 43.9 Å². The number of nitrogens with two attached hydrogens (primary N) is 1. The second-order valence-electron chi connectivity index (χ2n) is 4.72. The molecule has 0 aromatic heterocycles. The zero-order chi connectivity index (χ0) is 12.4. The zero-order valence-electron chi connectivity index (χ0n) is 9.67. The molecular formula is C11H18N2O4. The predicted molar refractivity (Wildman–Crippen MR) is 59.3 cm³/mol. The van der Waals surface area contributed by atoms with E-state index < -0.39 is 18.2 Å². The summed E-state index contributed by atoms with van der Waals surface area (Å²) in [7, 11) is 0. The van der Waals surface area contributed by atoms with Crippen LogP contribution in [-0.2, 0) is 14.3 Å². The number of nitrogens with zero attached hydrogens (tertiary/aromatic N) is 1. The van der Waals surface area contributed by atoms with Gasteiger partial charge < -0.3 is 20.5 Å². The molecule has 0 bridgehead atoms. The summed E-state index contributed by atoms with van der Waals surface area (Å²) in [4.78, 5) is 24.5. The summed E-state index contributed by atoms with van der Waals surface area (Å²) in [5.41, 5.74) is 5.81. The summed E-state index contributed by atoms with van der Waals surface area (Å²) in [6.07, 6.45) is 1.31. The molecule has 3 atom stereocenters. The van der Waals surface area contributed by atoms with Gasteiger partial charge in [0.1, 0.15) is 6.10 Å². The van der Waals surface area contributed by atoms with Gasteiger partial charge in [-0.15, -0.1) is 0 Å². The van der Waals surface area contributed by atoms with E-state index in [2.05, 4.69) is 0 Å². The van der Waals surface area contributed by atoms with Crippen molar-refractivity contribution in [2.24, 2.45) is 5.73 Å². The molecule has 2 rings (SSSR count). The summed E-state index contributed by atoms with van der Waals surface area (Å²) in [6.45, 7) is 1.25. The van der Waals surface area contributed by atoms with Crippen LogP contribution in [-0.4, -0.2) is 53.2 Å². The number of carbonyl (C=O) groups is 2. The summed E-state index contributed by atoms with van der Waals surface area (Å²) in [5.74, 6) is -1.10. The second kappa shape index (κ2) is 5.01. The van der Waals surface area contributed by atoms with Gasteiger partial charge in [0.25, 0.3) is 5.91 Å². The molecule has 1 amide bonds. The highest BCUT2D eigenvalue weighted by molar-refractivity contribution is 5.82. The second-order valence-corrected chi connectivity index (χ2v) is 4.72. The first-order valence-corrected chi connectivity index (χ1v) is 6.00. The van der Waals surface area contributed by atoms with Crippen LogP contribution in [0.1, 0.15) is 25.7 Å². The van der Waals surface area contributed by atoms with Gasteiger partial charge in [0.15, 0.2) is 6.10 Å². The SMILES string of the molecule is NC1CCCN(C(=O)C2CCC(C(=O)O)O2)C1. The Morgan fingerprint density at radius 3 is 2.53 bits per heavy atom. The van der Waals surface area contributed by atoms with Gasteiger partial charge in [-0.05, 0) is 25.7 Å². The van der Waals surface area contributed by atoms with Crippen LogP contribution in [0, 0.1) is 0 Å². The minimum Gasteiger partial charge on any atom is -0.479 e. The molecule has 2 heterocycles. The Balaban J connectivity index is 1.90. The fourth-order valence-corrected chi connectivity index (χ4v) is 2.41. The Morgan fingerprint density at radius 2 is 1.94 bits per heavy atom. The quantitative estimate of drug-likeness (QED) is 0.685. The maximum atomic E-state index is 12.1. The van der Waals surface area contributed by atoms with Crippen molar-refractivity contribution in [1.29, 1.82) is 0 Å². The molecule has 6 nitrogen and oxygen atoms in total. The largest absolute Gasteiger partial charge is 0.479 e. The lowest BCUT2D eigenvalue weighted by Gasteiger charge is -2.32. The van der Waals surface area contributed by atoms with E-state index in [4.69, 9.17) is 15.6 Å². The van der Waals surface area contributed by atoms with Gasteiger partial charge in [0, 0.05) is 19.1 Å². The van der Waals surface area contributed by atoms with Crippen LogP contribution in [0.25, 0.3) is 0 Å². The number of piperidine rings is 1. The van der Waals surface area contributed by atoms with Gasteiger partial charge in [-0.1, -0.05) is 0 Å². The number of rotatable bonds is 2. The first-order valence-electron chi connectivity index (χ1n) is 6.00. The Bertz CT molecular complexity index is 321. The van der Waals surface area contributed by atoms with Gasteiger partial charge in [0.05, 0.1) is 0 Å². The predicted octanol–water partition coefficient (Wildman–Crippen LogP) is -0.432. The minimum absolute atomic E-state index is 0.0318. The van der Waals surface area contributed by atoms with Gasteiger partial charge >= 0.3 is 5.97 Å². The average Bonchev–Trinajstić information content (AvgIpc) is 2.77. The molecule has 0 radical (unpaired) electrons. The molecule has 17 heavy (non-hydrogen) atoms. The van der Waals surface area contributed by atoms with E-state index in [-0.39, 0.29) is 11.9 Å². The molecule has 2 saturated heterocycles. The molecule has 6 heteroatoms. The summed E-state index contributed by atoms with van der Waals surface area (Å²) in [6, 6.07) is 0.0318. The molecular weight excluding hydrogens is 224 g/mol. The van der Waals surface area contributed by atoms with Crippen molar-refractivity contribution < 1.29 is 19.4 Å². The number of aliphatic carboxylic acids is 1. The van der Waals surface area contributed by atoms with Crippen LogP contribution < -0.4 is 5.73 Å². The fraction of sp³-hybridized carbons (Fsp3) is 0.818. The van der Waals surface area contributed by atoms with Crippen LogP contribution in [0.15, 0.2) is 0 Å². The molecule has 2 aliphatic heterocycles. The van der Waals surface area contributed by atoms with Crippen LogP contribution >= 0.6 is 0 Å². The Morgan fingerprint density at radius 1 is 1.24 bits per heavy atom. The highest BCUT2D eigenvalue weighted by Crippen LogP contribution is 2.22. The van der Waals surface area contributed by atoms with E-state index in [1.807, 2.05) is 0 Å². The van der Waals surface area contributed by atoms with Crippen molar-refractivity contribution in [2.75, 3.05) is 13.1 Å². The molecule has 3 N–H and O–H groups in total. The van der Waals surface area contributed by atoms with Crippen molar-refractivity contribution in [1.82, 2.24) is 4.90 Å². The number of amides is 1. The van der Waals surface area contributed by atoms with Crippen molar-refractivity contribution in [3.8, 4) is 0 Å². The van der Waals surface area contributed by atoms with E-state index in [0.29, 0.717) is 25.9 Å². The number of carbonyl (C=O) groups excluding carboxylic acids is 1. The van der Waals surface area contributed by atoms with Gasteiger partial charge in [-0.2, -0.15) is 0 Å². The van der Waals surface area contributed by atoms with E-state index in [9.17, 15) is 9.59 Å². The van der Waals surface area contributed by atoms with E-state index >= 15 is 0 Å². The average molecular weight is 242 g/mol. The smallest absolute Gasteiger partial charge is 0.332 e. The Kier molecular flexibility index (Phi) is 3.63. The maximum absolute atomic E-state index is 12.1. The molecule has 3 unspecified atom stereocenters. The first-order chi connectivity index (χ1) is 8.08. The molecule has 2 fully saturated rings. The van der Waals surface area contributed by atoms with Crippen molar-refractivity contribution in [3.63, 3.8) is 0 Å². The van der Waals surface area contributed by atoms with E-state index in [1.165, 1.54) is 0 Å². The summed E-state index contributed by atoms with van der Waals surface area (Å²) >= 11 is 0. The first kappa shape index (κ1) is 12.3. The zero-order valence-corrected chi connectivity index (χ0v) is 9.67. The third-order valence-corrected chi connectivity index (χ3v) is 3.34. The van der Waals surface area contributed by atoms with Gasteiger partial charge in [0.2, 0.25) is 0 Å². The molecule has 0 saturated carbocycles. The fourth-order valence-electron chi connectivity index (χ4n) is 2.41. The van der Waals surface area contributed by atoms with E-state index in [0.717, 1.165) is 12.8 Å². The van der Waals surface area contributed by atoms with Gasteiger partial charge in [-0.25, -0.2) is 4.79 Å². The lowest BCUT2D eigenvalue weighted by molar-refractivity contribution is -0.155. The van der Waals surface area contributed by atoms with Crippen LogP contribution in [0.5, 0.6) is 0 Å². The number of ether oxygens (including phenoxy) is 1. The highest BCUT2D eigenvalue weighted by atomic mass is 16.5. The maximum Gasteiger partial charge on any atom is 0.332 e. The number of carboxylic acid groups (broad SMARTS) is 1. The topological polar surface area (TPSA) is 92.9 Å². The number of likely N-dealkylation sites (tertiary alicyclic amines) is 1. The van der Waals surface area contributed by atoms with Gasteiger partial charge in [-0.3, -0.25) is 4.79 Å². The van der Waals surface area contributed by atoms with Crippen LogP contribution in [0.2, 0.25) is 0 Å². The molecule has 2 aliphatic rings. The van der Waals surface area contributed by atoms with Crippen LogP contribution in [0.4, 0.5) is 0 Å². The number of hydrogen-bond acceptors (Lipinski definition) is 4. The third-order valence-electron chi connectivity index (χ3n) is 3.34. The molecule has 0 aliphatic carbocycles. The lowest BCUT2D eigenvalue weighted by Crippen LogP contribution is -2.49. The summed E-state index contributed by atoms with van der Waals surface area (Å²) < 4.78 is 5.24. The molecule has 0 spiro atoms. The summed E-state index contributed by atoms with van der Waals surface area (Å²) in [5, 5.41) is 8.80. The lowest BCUT2D eigenvalue weighted by atomic mass is 10.1. The third kappa shape index (κ3) is 2.76. The highest BCUT2D eigenvalue weighted by Gasteiger charge is 2.37. The Labute approximate surface area is 99.7 Å². The molecule has 0 aromatic carbocycles.